The molecule has 0 radical (unpaired) electrons. The Morgan fingerprint density at radius 2 is 2.19 bits per heavy atom. The topological polar surface area (TPSA) is 59.0 Å². The van der Waals surface area contributed by atoms with E-state index in [4.69, 9.17) is 9.47 Å². The van der Waals surface area contributed by atoms with Crippen molar-refractivity contribution < 1.29 is 19.4 Å². The normalized spacial score (nSPS) is 22.0. The van der Waals surface area contributed by atoms with Gasteiger partial charge >= 0.3 is 0 Å². The Hall–Kier alpha value is -1.75. The highest BCUT2D eigenvalue weighted by molar-refractivity contribution is 5.95. The summed E-state index contributed by atoms with van der Waals surface area (Å²) >= 11 is 0. The Kier molecular flexibility index (Phi) is 5.07. The zero-order chi connectivity index (χ0) is 15.4. The number of amides is 1. The smallest absolute Gasteiger partial charge is 0.254 e. The highest BCUT2D eigenvalue weighted by Gasteiger charge is 2.28. The number of piperidine rings is 1. The second-order valence-electron chi connectivity index (χ2n) is 5.38. The van der Waals surface area contributed by atoms with E-state index in [-0.39, 0.29) is 11.8 Å². The lowest BCUT2D eigenvalue weighted by molar-refractivity contribution is 0.0248. The quantitative estimate of drug-likeness (QED) is 0.921. The average molecular weight is 293 g/mol. The Morgan fingerprint density at radius 3 is 2.81 bits per heavy atom. The minimum Gasteiger partial charge on any atom is -0.493 e. The second-order valence-corrected chi connectivity index (χ2v) is 5.38. The molecule has 116 valence electrons. The molecule has 2 rings (SSSR count). The number of aliphatic hydroxyl groups excluding tert-OH is 1. The fourth-order valence-electron chi connectivity index (χ4n) is 2.49. The number of hydrogen-bond acceptors (Lipinski definition) is 4. The summed E-state index contributed by atoms with van der Waals surface area (Å²) < 4.78 is 10.7. The van der Waals surface area contributed by atoms with Gasteiger partial charge in [-0.05, 0) is 37.5 Å². The van der Waals surface area contributed by atoms with E-state index in [2.05, 4.69) is 0 Å². The third kappa shape index (κ3) is 3.47. The molecular weight excluding hydrogens is 270 g/mol. The van der Waals surface area contributed by atoms with Crippen LogP contribution in [0.15, 0.2) is 18.2 Å². The minimum absolute atomic E-state index is 0.0791. The number of carbonyl (C=O) groups excluding carboxylic acids is 1. The molecule has 0 saturated carbocycles. The molecule has 1 saturated heterocycles. The summed E-state index contributed by atoms with van der Waals surface area (Å²) in [5.74, 6) is 1.34. The Balaban J connectivity index is 2.17. The van der Waals surface area contributed by atoms with E-state index in [9.17, 15) is 9.90 Å². The van der Waals surface area contributed by atoms with Gasteiger partial charge in [0.15, 0.2) is 11.5 Å². The van der Waals surface area contributed by atoms with Gasteiger partial charge in [0.05, 0.1) is 19.8 Å². The lowest BCUT2D eigenvalue weighted by Crippen LogP contribution is -2.45. The summed E-state index contributed by atoms with van der Waals surface area (Å²) in [6.07, 6.45) is 0.369. The molecule has 1 amide bonds. The summed E-state index contributed by atoms with van der Waals surface area (Å²) in [5, 5.41) is 9.93. The van der Waals surface area contributed by atoms with Crippen molar-refractivity contribution in [3.8, 4) is 11.5 Å². The van der Waals surface area contributed by atoms with Crippen molar-refractivity contribution in [2.45, 2.75) is 26.4 Å². The molecule has 0 spiro atoms. The third-order valence-corrected chi connectivity index (χ3v) is 3.92. The van der Waals surface area contributed by atoms with E-state index in [1.807, 2.05) is 13.8 Å². The summed E-state index contributed by atoms with van der Waals surface area (Å²) in [6.45, 7) is 5.46. The molecule has 21 heavy (non-hydrogen) atoms. The number of ether oxygens (including phenoxy) is 2. The molecule has 1 heterocycles. The van der Waals surface area contributed by atoms with Crippen LogP contribution in [0.2, 0.25) is 0 Å². The predicted octanol–water partition coefficient (Wildman–Crippen LogP) is 1.94. The number of rotatable bonds is 4. The Bertz CT molecular complexity index is 503. The molecule has 2 unspecified atom stereocenters. The monoisotopic (exact) mass is 293 g/mol. The van der Waals surface area contributed by atoms with Crippen LogP contribution in [0.25, 0.3) is 0 Å². The van der Waals surface area contributed by atoms with Crippen LogP contribution in [0.1, 0.15) is 30.6 Å². The zero-order valence-corrected chi connectivity index (χ0v) is 12.8. The van der Waals surface area contributed by atoms with Crippen molar-refractivity contribution in [3.05, 3.63) is 23.8 Å². The number of benzene rings is 1. The maximum Gasteiger partial charge on any atom is 0.254 e. The standard InChI is InChI=1S/C16H23NO4/c1-4-21-15-9-12(5-6-14(15)20-3)16(19)17-8-7-11(2)13(18)10-17/h5-6,9,11,13,18H,4,7-8,10H2,1-3H3. The van der Waals surface area contributed by atoms with Crippen LogP contribution in [0.4, 0.5) is 0 Å². The molecule has 0 aliphatic carbocycles. The van der Waals surface area contributed by atoms with Crippen LogP contribution in [-0.4, -0.2) is 48.8 Å². The zero-order valence-electron chi connectivity index (χ0n) is 12.8. The number of aliphatic hydroxyl groups is 1. The lowest BCUT2D eigenvalue weighted by Gasteiger charge is -2.34. The van der Waals surface area contributed by atoms with Crippen LogP contribution in [0, 0.1) is 5.92 Å². The van der Waals surface area contributed by atoms with Gasteiger partial charge in [0.1, 0.15) is 0 Å². The van der Waals surface area contributed by atoms with Crippen molar-refractivity contribution in [1.29, 1.82) is 0 Å². The van der Waals surface area contributed by atoms with E-state index < -0.39 is 6.10 Å². The first-order valence-corrected chi connectivity index (χ1v) is 7.35. The van der Waals surface area contributed by atoms with Gasteiger partial charge in [-0.15, -0.1) is 0 Å². The molecule has 1 aromatic rings. The van der Waals surface area contributed by atoms with Crippen molar-refractivity contribution in [2.75, 3.05) is 26.8 Å². The van der Waals surface area contributed by atoms with Crippen LogP contribution in [0.5, 0.6) is 11.5 Å². The maximum atomic E-state index is 12.5. The van der Waals surface area contributed by atoms with Crippen molar-refractivity contribution in [3.63, 3.8) is 0 Å². The third-order valence-electron chi connectivity index (χ3n) is 3.92. The summed E-state index contributed by atoms with van der Waals surface area (Å²) in [6, 6.07) is 5.17. The van der Waals surface area contributed by atoms with Crippen LogP contribution in [0.3, 0.4) is 0 Å². The number of hydrogen-bond donors (Lipinski definition) is 1. The number of nitrogens with zero attached hydrogens (tertiary/aromatic N) is 1. The second kappa shape index (κ2) is 6.80. The molecule has 1 aliphatic rings. The summed E-state index contributed by atoms with van der Waals surface area (Å²) in [4.78, 5) is 14.2. The first-order valence-electron chi connectivity index (χ1n) is 7.35. The number of β-amino-alcohol motifs (C(OH)–C–C–N with tert-alkyl or cyclic N) is 1. The Labute approximate surface area is 125 Å². The molecule has 1 N–H and O–H groups in total. The van der Waals surface area contributed by atoms with Crippen molar-refractivity contribution in [1.82, 2.24) is 4.90 Å². The Morgan fingerprint density at radius 1 is 1.43 bits per heavy atom. The van der Waals surface area contributed by atoms with E-state index in [1.165, 1.54) is 0 Å². The minimum atomic E-state index is -0.452. The van der Waals surface area contributed by atoms with E-state index >= 15 is 0 Å². The highest BCUT2D eigenvalue weighted by atomic mass is 16.5. The molecule has 0 aromatic heterocycles. The molecule has 1 fully saturated rings. The molecule has 0 bridgehead atoms. The fraction of sp³-hybridized carbons (Fsp3) is 0.562. The maximum absolute atomic E-state index is 12.5. The lowest BCUT2D eigenvalue weighted by atomic mass is 9.95. The van der Waals surface area contributed by atoms with Crippen molar-refractivity contribution >= 4 is 5.91 Å². The predicted molar refractivity (Wildman–Crippen MR) is 79.9 cm³/mol. The van der Waals surface area contributed by atoms with E-state index in [0.29, 0.717) is 36.8 Å². The first kappa shape index (κ1) is 15.6. The number of carbonyl (C=O) groups is 1. The average Bonchev–Trinajstić information content (AvgIpc) is 2.49. The van der Waals surface area contributed by atoms with Crippen LogP contribution < -0.4 is 9.47 Å². The van der Waals surface area contributed by atoms with Gasteiger partial charge < -0.3 is 19.5 Å². The van der Waals surface area contributed by atoms with Crippen molar-refractivity contribution in [2.24, 2.45) is 5.92 Å². The van der Waals surface area contributed by atoms with Gasteiger partial charge in [0.2, 0.25) is 0 Å². The van der Waals surface area contributed by atoms with E-state index in [0.717, 1.165) is 6.42 Å². The van der Waals surface area contributed by atoms with Crippen LogP contribution >= 0.6 is 0 Å². The molecular formula is C16H23NO4. The molecule has 1 aliphatic heterocycles. The molecule has 5 nitrogen and oxygen atoms in total. The molecule has 5 heteroatoms. The van der Waals surface area contributed by atoms with Gasteiger partial charge in [-0.25, -0.2) is 0 Å². The van der Waals surface area contributed by atoms with Crippen LogP contribution in [-0.2, 0) is 0 Å². The summed E-state index contributed by atoms with van der Waals surface area (Å²) in [5.41, 5.74) is 0.556. The van der Waals surface area contributed by atoms with E-state index in [1.54, 1.807) is 30.2 Å². The SMILES string of the molecule is CCOc1cc(C(=O)N2CCC(C)C(O)C2)ccc1OC. The number of likely N-dealkylation sites (tertiary alicyclic amines) is 1. The highest BCUT2D eigenvalue weighted by Crippen LogP contribution is 2.29. The number of methoxy groups -OCH3 is 1. The van der Waals surface area contributed by atoms with Gasteiger partial charge in [-0.1, -0.05) is 6.92 Å². The van der Waals surface area contributed by atoms with Gasteiger partial charge in [-0.3, -0.25) is 4.79 Å². The molecule has 2 atom stereocenters. The molecule has 1 aromatic carbocycles. The van der Waals surface area contributed by atoms with Gasteiger partial charge in [0.25, 0.3) is 5.91 Å². The largest absolute Gasteiger partial charge is 0.493 e. The first-order chi connectivity index (χ1) is 10.1. The summed E-state index contributed by atoms with van der Waals surface area (Å²) in [7, 11) is 1.57. The van der Waals surface area contributed by atoms with Gasteiger partial charge in [-0.2, -0.15) is 0 Å². The fourth-order valence-corrected chi connectivity index (χ4v) is 2.49. The van der Waals surface area contributed by atoms with Gasteiger partial charge in [0, 0.05) is 18.7 Å².